The molecular formula is C52H73NO4. The van der Waals surface area contributed by atoms with Crippen molar-refractivity contribution in [1.82, 2.24) is 0 Å². The van der Waals surface area contributed by atoms with Crippen molar-refractivity contribution in [3.8, 4) is 0 Å². The highest BCUT2D eigenvalue weighted by atomic mass is 16.3. The van der Waals surface area contributed by atoms with Crippen LogP contribution in [-0.4, -0.2) is 34.9 Å². The number of aliphatic hydroxyl groups excluding tert-OH is 2. The van der Waals surface area contributed by atoms with Crippen LogP contribution < -0.4 is 4.90 Å². The molecule has 2 aliphatic carbocycles. The summed E-state index contributed by atoms with van der Waals surface area (Å²) in [6.07, 6.45) is 32.2. The first kappa shape index (κ1) is 45.6. The van der Waals surface area contributed by atoms with Crippen LogP contribution in [0.4, 0.5) is 5.69 Å². The van der Waals surface area contributed by atoms with E-state index in [2.05, 4.69) is 44.7 Å². The quantitative estimate of drug-likeness (QED) is 0.0665. The summed E-state index contributed by atoms with van der Waals surface area (Å²) in [4.78, 5) is 29.5. The number of carbonyl (C=O) groups is 2. The van der Waals surface area contributed by atoms with Gasteiger partial charge in [0.05, 0.1) is 16.7 Å². The smallest absolute Gasteiger partial charge is 0.202 e. The number of rotatable bonds is 28. The molecule has 5 nitrogen and oxygen atoms in total. The third kappa shape index (κ3) is 14.3. The van der Waals surface area contributed by atoms with E-state index in [1.807, 2.05) is 48.5 Å². The van der Waals surface area contributed by atoms with Crippen molar-refractivity contribution in [3.63, 3.8) is 0 Å². The summed E-state index contributed by atoms with van der Waals surface area (Å²) in [6.45, 7) is 11.2. The molecule has 0 fully saturated rings. The van der Waals surface area contributed by atoms with Gasteiger partial charge in [0.1, 0.15) is 11.5 Å². The van der Waals surface area contributed by atoms with Gasteiger partial charge in [-0.3, -0.25) is 9.59 Å². The van der Waals surface area contributed by atoms with E-state index in [0.717, 1.165) is 18.7 Å². The second-order valence-electron chi connectivity index (χ2n) is 16.7. The van der Waals surface area contributed by atoms with Crippen molar-refractivity contribution < 1.29 is 19.8 Å². The fourth-order valence-corrected chi connectivity index (χ4v) is 8.47. The Hall–Kier alpha value is -4.12. The summed E-state index contributed by atoms with van der Waals surface area (Å²) in [6, 6.07) is 17.8. The van der Waals surface area contributed by atoms with Gasteiger partial charge in [-0.2, -0.15) is 0 Å². The third-order valence-electron chi connectivity index (χ3n) is 11.9. The molecule has 2 N–H and O–H groups in total. The molecule has 4 rings (SSSR count). The van der Waals surface area contributed by atoms with Gasteiger partial charge < -0.3 is 15.1 Å². The van der Waals surface area contributed by atoms with Crippen LogP contribution in [0.2, 0.25) is 0 Å². The SMILES string of the molecule is CCCCCCC(CCCCCC)CN(CC(CCCCCC)CCCCCC)c1ccc(C2=C(O)/C(=C3/C(=O)C=C(/C=C/c4ccccc4)C=C3O)C2=O)cc1. The molecule has 0 unspecified atom stereocenters. The Morgan fingerprint density at radius 2 is 1.04 bits per heavy atom. The van der Waals surface area contributed by atoms with E-state index < -0.39 is 11.6 Å². The van der Waals surface area contributed by atoms with Gasteiger partial charge in [0.2, 0.25) is 5.78 Å². The molecule has 0 saturated heterocycles. The number of hydrogen-bond donors (Lipinski definition) is 2. The highest BCUT2D eigenvalue weighted by Gasteiger charge is 2.40. The minimum atomic E-state index is -0.500. The molecule has 0 amide bonds. The van der Waals surface area contributed by atoms with Gasteiger partial charge in [0.15, 0.2) is 5.78 Å². The number of anilines is 1. The number of ketones is 2. The van der Waals surface area contributed by atoms with Crippen LogP contribution in [0.5, 0.6) is 0 Å². The molecule has 57 heavy (non-hydrogen) atoms. The van der Waals surface area contributed by atoms with Gasteiger partial charge in [0, 0.05) is 18.8 Å². The largest absolute Gasteiger partial charge is 0.507 e. The van der Waals surface area contributed by atoms with Gasteiger partial charge in [-0.1, -0.05) is 185 Å². The Balaban J connectivity index is 1.58. The normalized spacial score (nSPS) is 15.9. The summed E-state index contributed by atoms with van der Waals surface area (Å²) >= 11 is 0. The summed E-state index contributed by atoms with van der Waals surface area (Å²) in [5.41, 5.74) is 3.23. The number of allylic oxidation sites excluding steroid dienone is 7. The lowest BCUT2D eigenvalue weighted by Crippen LogP contribution is -2.34. The minimum Gasteiger partial charge on any atom is -0.507 e. The predicted molar refractivity (Wildman–Crippen MR) is 242 cm³/mol. The minimum absolute atomic E-state index is 0.111. The lowest BCUT2D eigenvalue weighted by Gasteiger charge is -2.34. The van der Waals surface area contributed by atoms with E-state index in [9.17, 15) is 19.8 Å². The molecule has 310 valence electrons. The zero-order valence-corrected chi connectivity index (χ0v) is 35.9. The summed E-state index contributed by atoms with van der Waals surface area (Å²) in [5, 5.41) is 22.2. The highest BCUT2D eigenvalue weighted by molar-refractivity contribution is 6.41. The molecule has 2 aromatic rings. The maximum atomic E-state index is 13.6. The number of unbranched alkanes of at least 4 members (excludes halogenated alkanes) is 12. The van der Waals surface area contributed by atoms with Gasteiger partial charge in [-0.15, -0.1) is 0 Å². The molecule has 2 aliphatic rings. The topological polar surface area (TPSA) is 77.8 Å². The molecule has 0 bridgehead atoms. The van der Waals surface area contributed by atoms with E-state index in [0.29, 0.717) is 23.0 Å². The lowest BCUT2D eigenvalue weighted by molar-refractivity contribution is -0.114. The zero-order chi connectivity index (χ0) is 40.8. The Bertz CT molecular complexity index is 1640. The van der Waals surface area contributed by atoms with Crippen molar-refractivity contribution in [3.05, 3.63) is 112 Å². The number of Topliss-reactive ketones (excluding diaryl/α,β-unsaturated/α-hetero) is 1. The molecule has 0 radical (unpaired) electrons. The van der Waals surface area contributed by atoms with Crippen LogP contribution in [0.1, 0.15) is 167 Å². The lowest BCUT2D eigenvalue weighted by atomic mass is 9.78. The second kappa shape index (κ2) is 25.3. The summed E-state index contributed by atoms with van der Waals surface area (Å²) < 4.78 is 0. The number of nitrogens with zero attached hydrogens (tertiary/aromatic N) is 1. The molecule has 0 aromatic heterocycles. The van der Waals surface area contributed by atoms with E-state index in [1.165, 1.54) is 146 Å². The van der Waals surface area contributed by atoms with Crippen molar-refractivity contribution in [2.24, 2.45) is 11.8 Å². The van der Waals surface area contributed by atoms with Crippen LogP contribution in [0.15, 0.2) is 101 Å². The highest BCUT2D eigenvalue weighted by Crippen LogP contribution is 2.41. The first-order valence-electron chi connectivity index (χ1n) is 22.8. The molecular weight excluding hydrogens is 703 g/mol. The van der Waals surface area contributed by atoms with Gasteiger partial charge >= 0.3 is 0 Å². The Morgan fingerprint density at radius 3 is 1.47 bits per heavy atom. The number of hydrogen-bond acceptors (Lipinski definition) is 5. The first-order chi connectivity index (χ1) is 27.8. The van der Waals surface area contributed by atoms with Crippen molar-refractivity contribution in [1.29, 1.82) is 0 Å². The molecule has 0 aliphatic heterocycles. The first-order valence-corrected chi connectivity index (χ1v) is 22.8. The Kier molecular flexibility index (Phi) is 20.2. The van der Waals surface area contributed by atoms with Crippen LogP contribution >= 0.6 is 0 Å². The molecule has 0 heterocycles. The van der Waals surface area contributed by atoms with Crippen LogP contribution in [0.3, 0.4) is 0 Å². The Morgan fingerprint density at radius 1 is 0.544 bits per heavy atom. The summed E-state index contributed by atoms with van der Waals surface area (Å²) in [5.74, 6) is -0.178. The zero-order valence-electron chi connectivity index (χ0n) is 35.9. The molecule has 0 spiro atoms. The maximum absolute atomic E-state index is 13.6. The van der Waals surface area contributed by atoms with Crippen molar-refractivity contribution in [2.75, 3.05) is 18.0 Å². The van der Waals surface area contributed by atoms with E-state index in [4.69, 9.17) is 0 Å². The maximum Gasteiger partial charge on any atom is 0.202 e. The van der Waals surface area contributed by atoms with Gasteiger partial charge in [0.25, 0.3) is 0 Å². The summed E-state index contributed by atoms with van der Waals surface area (Å²) in [7, 11) is 0. The molecule has 0 saturated carbocycles. The van der Waals surface area contributed by atoms with Gasteiger partial charge in [-0.25, -0.2) is 0 Å². The fraction of sp³-hybridized carbons (Fsp3) is 0.538. The number of carbonyl (C=O) groups excluding carboxylic acids is 2. The van der Waals surface area contributed by atoms with Crippen LogP contribution in [0, 0.1) is 11.8 Å². The average molecular weight is 776 g/mol. The Labute approximate surface area is 345 Å². The van der Waals surface area contributed by atoms with Gasteiger partial charge in [-0.05, 0) is 78.5 Å². The molecule has 0 atom stereocenters. The van der Waals surface area contributed by atoms with E-state index in [1.54, 1.807) is 6.08 Å². The second-order valence-corrected chi connectivity index (χ2v) is 16.7. The number of aliphatic hydroxyl groups is 2. The van der Waals surface area contributed by atoms with Crippen LogP contribution in [0.25, 0.3) is 11.6 Å². The fourth-order valence-electron chi connectivity index (χ4n) is 8.47. The predicted octanol–water partition coefficient (Wildman–Crippen LogP) is 14.4. The van der Waals surface area contributed by atoms with Crippen LogP contribution in [-0.2, 0) is 9.59 Å². The third-order valence-corrected chi connectivity index (χ3v) is 11.9. The van der Waals surface area contributed by atoms with Crippen molar-refractivity contribution >= 4 is 28.9 Å². The average Bonchev–Trinajstić information content (AvgIpc) is 3.22. The van der Waals surface area contributed by atoms with Crippen molar-refractivity contribution in [2.45, 2.75) is 156 Å². The molecule has 2 aromatic carbocycles. The number of benzene rings is 2. The van der Waals surface area contributed by atoms with E-state index >= 15 is 0 Å². The molecule has 5 heteroatoms. The standard InChI is InChI=1S/C52H73NO4/c1-5-9-13-18-26-41(27-19-14-10-6-2)38-53(39-42(28-20-15-11-7-3)29-21-16-12-8-4)45-34-32-44(33-35-45)48-51(56)50(52(48)57)49-46(54)36-43(37-47(49)55)31-30-40-24-22-17-23-25-40/h17,22-25,30-37,41-42,54,56H,5-16,18-21,26-29,38-39H2,1-4H3/b31-30+,50-49-. The van der Waals surface area contributed by atoms with E-state index in [-0.39, 0.29) is 28.2 Å². The monoisotopic (exact) mass is 776 g/mol.